The predicted octanol–water partition coefficient (Wildman–Crippen LogP) is 9.15. The third kappa shape index (κ3) is 2.52. The van der Waals surface area contributed by atoms with Gasteiger partial charge < -0.3 is 0 Å². The Morgan fingerprint density at radius 2 is 1.07 bits per heavy atom. The van der Waals surface area contributed by atoms with Crippen molar-refractivity contribution in [1.29, 1.82) is 0 Å². The molecule has 1 aromatic heterocycles. The minimum absolute atomic E-state index is 0.471. The Morgan fingerprint density at radius 3 is 1.70 bits per heavy atom. The number of hydrogen-bond donors (Lipinski definition) is 0. The highest BCUT2D eigenvalue weighted by Gasteiger charge is 2.17. The molecule has 0 saturated carbocycles. The molecule has 30 heavy (non-hydrogen) atoms. The summed E-state index contributed by atoms with van der Waals surface area (Å²) in [4.78, 5) is 0. The van der Waals surface area contributed by atoms with Crippen LogP contribution in [0, 0.1) is 0 Å². The Kier molecular flexibility index (Phi) is 3.94. The van der Waals surface area contributed by atoms with E-state index in [0.29, 0.717) is 5.92 Å². The third-order valence-corrected chi connectivity index (χ3v) is 7.35. The van der Waals surface area contributed by atoms with Crippen LogP contribution in [0.4, 0.5) is 0 Å². The lowest BCUT2D eigenvalue weighted by molar-refractivity contribution is 0.885. The molecule has 0 aliphatic rings. The lowest BCUT2D eigenvalue weighted by Gasteiger charge is -2.19. The van der Waals surface area contributed by atoms with Gasteiger partial charge >= 0.3 is 0 Å². The zero-order valence-electron chi connectivity index (χ0n) is 17.1. The molecule has 6 rings (SSSR count). The van der Waals surface area contributed by atoms with Crippen LogP contribution in [-0.4, -0.2) is 0 Å². The molecule has 0 nitrogen and oxygen atoms in total. The zero-order valence-corrected chi connectivity index (χ0v) is 18.0. The van der Waals surface area contributed by atoms with Gasteiger partial charge in [0.2, 0.25) is 0 Å². The lowest BCUT2D eigenvalue weighted by atomic mass is 9.85. The van der Waals surface area contributed by atoms with Crippen molar-refractivity contribution in [2.24, 2.45) is 0 Å². The Bertz CT molecular complexity index is 1510. The van der Waals surface area contributed by atoms with Crippen LogP contribution in [-0.2, 0) is 0 Å². The van der Waals surface area contributed by atoms with Crippen molar-refractivity contribution in [3.05, 3.63) is 96.6 Å². The molecule has 0 fully saturated rings. The summed E-state index contributed by atoms with van der Waals surface area (Å²) in [6.07, 6.45) is 0. The maximum absolute atomic E-state index is 2.39. The topological polar surface area (TPSA) is 0 Å². The molecule has 0 atom stereocenters. The van der Waals surface area contributed by atoms with Crippen LogP contribution in [0.2, 0.25) is 0 Å². The standard InChI is InChI=1S/C29H22S/c1-18(2)28-22-10-3-5-12-24(22)29(25-13-6-4-11-23(25)28)19-15-16-21-20-9-7-8-14-26(20)30-27(21)17-19/h3-18H,1-2H3. The third-order valence-electron chi connectivity index (χ3n) is 6.22. The molecule has 0 N–H and O–H groups in total. The Morgan fingerprint density at radius 1 is 0.533 bits per heavy atom. The quantitative estimate of drug-likeness (QED) is 0.253. The van der Waals surface area contributed by atoms with Crippen molar-refractivity contribution >= 4 is 53.1 Å². The van der Waals surface area contributed by atoms with Crippen LogP contribution in [0.1, 0.15) is 25.3 Å². The summed E-state index contributed by atoms with van der Waals surface area (Å²) in [6.45, 7) is 4.61. The van der Waals surface area contributed by atoms with Gasteiger partial charge in [-0.25, -0.2) is 0 Å². The van der Waals surface area contributed by atoms with E-state index < -0.39 is 0 Å². The molecule has 5 aromatic carbocycles. The average Bonchev–Trinajstić information content (AvgIpc) is 3.14. The molecule has 144 valence electrons. The zero-order chi connectivity index (χ0) is 20.2. The van der Waals surface area contributed by atoms with Crippen LogP contribution in [0.5, 0.6) is 0 Å². The van der Waals surface area contributed by atoms with E-state index in [1.807, 2.05) is 11.3 Å². The summed E-state index contributed by atoms with van der Waals surface area (Å²) in [6, 6.07) is 33.6. The Hall–Kier alpha value is -3.16. The maximum Gasteiger partial charge on any atom is 0.0361 e. The highest BCUT2D eigenvalue weighted by Crippen LogP contribution is 2.43. The van der Waals surface area contributed by atoms with E-state index in [9.17, 15) is 0 Å². The van der Waals surface area contributed by atoms with Crippen molar-refractivity contribution < 1.29 is 0 Å². The molecule has 1 heterocycles. The minimum Gasteiger partial charge on any atom is -0.135 e. The fourth-order valence-corrected chi connectivity index (χ4v) is 6.12. The van der Waals surface area contributed by atoms with Crippen LogP contribution in [0.15, 0.2) is 91.0 Å². The molecule has 0 aliphatic carbocycles. The fourth-order valence-electron chi connectivity index (χ4n) is 4.98. The minimum atomic E-state index is 0.471. The summed E-state index contributed by atoms with van der Waals surface area (Å²) in [5.74, 6) is 0.471. The number of fused-ring (bicyclic) bond motifs is 5. The molecular formula is C29H22S. The highest BCUT2D eigenvalue weighted by atomic mass is 32.1. The van der Waals surface area contributed by atoms with Gasteiger partial charge in [0, 0.05) is 20.2 Å². The van der Waals surface area contributed by atoms with Gasteiger partial charge in [-0.2, -0.15) is 0 Å². The van der Waals surface area contributed by atoms with Gasteiger partial charge in [-0.1, -0.05) is 92.7 Å². The Labute approximate surface area is 180 Å². The van der Waals surface area contributed by atoms with E-state index >= 15 is 0 Å². The first kappa shape index (κ1) is 17.7. The van der Waals surface area contributed by atoms with Crippen LogP contribution < -0.4 is 0 Å². The normalized spacial score (nSPS) is 12.0. The molecule has 0 bridgehead atoms. The van der Waals surface area contributed by atoms with Crippen LogP contribution in [0.25, 0.3) is 52.8 Å². The summed E-state index contributed by atoms with van der Waals surface area (Å²) in [7, 11) is 0. The molecule has 0 unspecified atom stereocenters. The summed E-state index contributed by atoms with van der Waals surface area (Å²) < 4.78 is 2.71. The summed E-state index contributed by atoms with van der Waals surface area (Å²) in [5.41, 5.74) is 4.11. The average molecular weight is 403 g/mol. The van der Waals surface area contributed by atoms with E-state index in [0.717, 1.165) is 0 Å². The van der Waals surface area contributed by atoms with Gasteiger partial charge in [-0.3, -0.25) is 0 Å². The number of hydrogen-bond acceptors (Lipinski definition) is 1. The largest absolute Gasteiger partial charge is 0.135 e. The lowest BCUT2D eigenvalue weighted by Crippen LogP contribution is -1.95. The van der Waals surface area contributed by atoms with Crippen molar-refractivity contribution in [1.82, 2.24) is 0 Å². The molecular weight excluding hydrogens is 380 g/mol. The van der Waals surface area contributed by atoms with Crippen molar-refractivity contribution in [3.63, 3.8) is 0 Å². The molecule has 0 radical (unpaired) electrons. The van der Waals surface area contributed by atoms with Crippen LogP contribution in [0.3, 0.4) is 0 Å². The summed E-state index contributed by atoms with van der Waals surface area (Å²) in [5, 5.41) is 8.15. The predicted molar refractivity (Wildman–Crippen MR) is 134 cm³/mol. The second kappa shape index (κ2) is 6.68. The summed E-state index contributed by atoms with van der Waals surface area (Å²) >= 11 is 1.89. The maximum atomic E-state index is 2.39. The first-order chi connectivity index (χ1) is 14.7. The number of thiophene rings is 1. The van der Waals surface area contributed by atoms with E-state index in [1.54, 1.807) is 0 Å². The number of rotatable bonds is 2. The molecule has 0 aliphatic heterocycles. The highest BCUT2D eigenvalue weighted by molar-refractivity contribution is 7.25. The molecule has 0 amide bonds. The first-order valence-electron chi connectivity index (χ1n) is 10.6. The van der Waals surface area contributed by atoms with Crippen molar-refractivity contribution in [3.8, 4) is 11.1 Å². The SMILES string of the molecule is CC(C)c1c2ccccc2c(-c2ccc3c(c2)sc2ccccc23)c2ccccc12. The monoisotopic (exact) mass is 402 g/mol. The van der Waals surface area contributed by atoms with E-state index in [2.05, 4.69) is 105 Å². The fraction of sp³-hybridized carbons (Fsp3) is 0.103. The Balaban J connectivity index is 1.75. The van der Waals surface area contributed by atoms with E-state index in [1.165, 1.54) is 58.4 Å². The van der Waals surface area contributed by atoms with E-state index in [-0.39, 0.29) is 0 Å². The smallest absolute Gasteiger partial charge is 0.0361 e. The molecule has 0 saturated heterocycles. The van der Waals surface area contributed by atoms with Gasteiger partial charge in [0.1, 0.15) is 0 Å². The van der Waals surface area contributed by atoms with E-state index in [4.69, 9.17) is 0 Å². The van der Waals surface area contributed by atoms with Gasteiger partial charge in [-0.05, 0) is 56.3 Å². The van der Waals surface area contributed by atoms with Gasteiger partial charge in [0.15, 0.2) is 0 Å². The van der Waals surface area contributed by atoms with Crippen LogP contribution >= 0.6 is 11.3 Å². The van der Waals surface area contributed by atoms with Gasteiger partial charge in [0.25, 0.3) is 0 Å². The first-order valence-corrected chi connectivity index (χ1v) is 11.4. The second-order valence-corrected chi connectivity index (χ2v) is 9.43. The molecule has 1 heteroatoms. The van der Waals surface area contributed by atoms with Crippen molar-refractivity contribution in [2.75, 3.05) is 0 Å². The van der Waals surface area contributed by atoms with Gasteiger partial charge in [-0.15, -0.1) is 11.3 Å². The van der Waals surface area contributed by atoms with Gasteiger partial charge in [0.05, 0.1) is 0 Å². The van der Waals surface area contributed by atoms with Crippen molar-refractivity contribution in [2.45, 2.75) is 19.8 Å². The molecule has 6 aromatic rings. The molecule has 0 spiro atoms. The second-order valence-electron chi connectivity index (χ2n) is 8.34. The number of benzene rings is 5.